The number of nitrogens with one attached hydrogen (secondary N) is 1. The summed E-state index contributed by atoms with van der Waals surface area (Å²) in [6.45, 7) is 4.21. The van der Waals surface area contributed by atoms with E-state index in [1.54, 1.807) is 11.1 Å². The molecule has 0 radical (unpaired) electrons. The Bertz CT molecular complexity index is 635. The standard InChI is InChI=1S/C15H17N3O2/c1-11(2)18(10-12-5-3-4-7-17-12)15(20)13-9-16-8-6-14(13)19/h3-9,11H,10H2,1-2H3,(H,16,19). The summed E-state index contributed by atoms with van der Waals surface area (Å²) in [6.07, 6.45) is 4.64. The van der Waals surface area contributed by atoms with E-state index in [4.69, 9.17) is 0 Å². The van der Waals surface area contributed by atoms with Crippen LogP contribution in [0.3, 0.4) is 0 Å². The number of nitrogens with zero attached hydrogens (tertiary/aromatic N) is 2. The van der Waals surface area contributed by atoms with Crippen LogP contribution < -0.4 is 5.43 Å². The zero-order chi connectivity index (χ0) is 14.5. The van der Waals surface area contributed by atoms with Gasteiger partial charge < -0.3 is 9.88 Å². The van der Waals surface area contributed by atoms with Crippen molar-refractivity contribution < 1.29 is 4.79 Å². The number of aromatic amines is 1. The molecule has 0 spiro atoms. The predicted molar refractivity (Wildman–Crippen MR) is 76.3 cm³/mol. The molecule has 0 atom stereocenters. The molecule has 5 heteroatoms. The zero-order valence-electron chi connectivity index (χ0n) is 11.5. The Hall–Kier alpha value is -2.43. The summed E-state index contributed by atoms with van der Waals surface area (Å²) in [5.41, 5.74) is 0.666. The van der Waals surface area contributed by atoms with Gasteiger partial charge in [-0.15, -0.1) is 0 Å². The fourth-order valence-corrected chi connectivity index (χ4v) is 1.89. The van der Waals surface area contributed by atoms with Crippen LogP contribution in [-0.2, 0) is 6.54 Å². The van der Waals surface area contributed by atoms with Gasteiger partial charge in [-0.25, -0.2) is 0 Å². The van der Waals surface area contributed by atoms with Gasteiger partial charge in [0, 0.05) is 30.7 Å². The Morgan fingerprint density at radius 2 is 2.15 bits per heavy atom. The van der Waals surface area contributed by atoms with Crippen molar-refractivity contribution >= 4 is 5.91 Å². The maximum atomic E-state index is 12.5. The van der Waals surface area contributed by atoms with Crippen molar-refractivity contribution in [2.45, 2.75) is 26.4 Å². The Morgan fingerprint density at radius 3 is 2.75 bits per heavy atom. The van der Waals surface area contributed by atoms with Crippen molar-refractivity contribution in [3.05, 3.63) is 64.3 Å². The van der Waals surface area contributed by atoms with E-state index in [2.05, 4.69) is 9.97 Å². The van der Waals surface area contributed by atoms with Crippen LogP contribution in [-0.4, -0.2) is 26.8 Å². The molecule has 2 aromatic heterocycles. The predicted octanol–water partition coefficient (Wildman–Crippen LogP) is 1.82. The van der Waals surface area contributed by atoms with Crippen molar-refractivity contribution in [2.24, 2.45) is 0 Å². The molecule has 0 aliphatic rings. The third-order valence-corrected chi connectivity index (χ3v) is 3.00. The van der Waals surface area contributed by atoms with E-state index in [-0.39, 0.29) is 22.9 Å². The summed E-state index contributed by atoms with van der Waals surface area (Å²) in [6, 6.07) is 6.89. The summed E-state index contributed by atoms with van der Waals surface area (Å²) >= 11 is 0. The van der Waals surface area contributed by atoms with Gasteiger partial charge in [0.1, 0.15) is 5.56 Å². The van der Waals surface area contributed by atoms with Crippen molar-refractivity contribution in [2.75, 3.05) is 0 Å². The minimum atomic E-state index is -0.285. The summed E-state index contributed by atoms with van der Waals surface area (Å²) in [5.74, 6) is -0.285. The average molecular weight is 271 g/mol. The van der Waals surface area contributed by atoms with E-state index >= 15 is 0 Å². The van der Waals surface area contributed by atoms with Crippen LogP contribution >= 0.6 is 0 Å². The number of pyridine rings is 2. The highest BCUT2D eigenvalue weighted by Gasteiger charge is 2.21. The van der Waals surface area contributed by atoms with Crippen LogP contribution in [0.1, 0.15) is 29.9 Å². The van der Waals surface area contributed by atoms with Gasteiger partial charge in [-0.3, -0.25) is 14.6 Å². The third-order valence-electron chi connectivity index (χ3n) is 3.00. The summed E-state index contributed by atoms with van der Waals surface area (Å²) in [5, 5.41) is 0. The molecule has 5 nitrogen and oxygen atoms in total. The lowest BCUT2D eigenvalue weighted by Gasteiger charge is -2.26. The van der Waals surface area contributed by atoms with Crippen LogP contribution in [0.15, 0.2) is 47.7 Å². The number of carbonyl (C=O) groups is 1. The fourth-order valence-electron chi connectivity index (χ4n) is 1.89. The topological polar surface area (TPSA) is 66.1 Å². The molecular weight excluding hydrogens is 254 g/mol. The van der Waals surface area contributed by atoms with Crippen molar-refractivity contribution in [1.29, 1.82) is 0 Å². The first-order valence-electron chi connectivity index (χ1n) is 6.47. The van der Waals surface area contributed by atoms with Gasteiger partial charge in [0.05, 0.1) is 12.2 Å². The molecule has 0 unspecified atom stereocenters. The van der Waals surface area contributed by atoms with Gasteiger partial charge in [0.2, 0.25) is 0 Å². The van der Waals surface area contributed by atoms with Crippen LogP contribution in [0.25, 0.3) is 0 Å². The molecule has 0 aromatic carbocycles. The maximum Gasteiger partial charge on any atom is 0.259 e. The number of H-pyrrole nitrogens is 1. The molecule has 2 aromatic rings. The van der Waals surface area contributed by atoms with E-state index in [0.29, 0.717) is 6.54 Å². The second kappa shape index (κ2) is 6.14. The molecule has 2 heterocycles. The molecule has 1 amide bonds. The van der Waals surface area contributed by atoms with E-state index in [1.807, 2.05) is 32.0 Å². The lowest BCUT2D eigenvalue weighted by atomic mass is 10.2. The molecule has 2 rings (SSSR count). The number of aromatic nitrogens is 2. The highest BCUT2D eigenvalue weighted by atomic mass is 16.2. The Labute approximate surface area is 117 Å². The minimum Gasteiger partial charge on any atom is -0.367 e. The summed E-state index contributed by atoms with van der Waals surface area (Å²) < 4.78 is 0. The van der Waals surface area contributed by atoms with Gasteiger partial charge in [-0.1, -0.05) is 6.07 Å². The van der Waals surface area contributed by atoms with E-state index in [1.165, 1.54) is 18.5 Å². The minimum absolute atomic E-state index is 0.0240. The third kappa shape index (κ3) is 3.12. The molecule has 0 aliphatic carbocycles. The second-order valence-electron chi connectivity index (χ2n) is 4.77. The molecule has 104 valence electrons. The van der Waals surface area contributed by atoms with Crippen molar-refractivity contribution in [3.63, 3.8) is 0 Å². The molecule has 20 heavy (non-hydrogen) atoms. The Balaban J connectivity index is 2.28. The van der Waals surface area contributed by atoms with Crippen LogP contribution in [0.2, 0.25) is 0 Å². The molecule has 0 aliphatic heterocycles. The Morgan fingerprint density at radius 1 is 1.35 bits per heavy atom. The molecule has 0 saturated carbocycles. The van der Waals surface area contributed by atoms with Gasteiger partial charge in [0.25, 0.3) is 5.91 Å². The summed E-state index contributed by atoms with van der Waals surface area (Å²) in [4.78, 5) is 32.9. The first kappa shape index (κ1) is 14.0. The highest BCUT2D eigenvalue weighted by molar-refractivity contribution is 5.93. The monoisotopic (exact) mass is 271 g/mol. The van der Waals surface area contributed by atoms with Crippen LogP contribution in [0.5, 0.6) is 0 Å². The second-order valence-corrected chi connectivity index (χ2v) is 4.77. The van der Waals surface area contributed by atoms with Gasteiger partial charge >= 0.3 is 0 Å². The first-order chi connectivity index (χ1) is 9.59. The molecule has 1 N–H and O–H groups in total. The van der Waals surface area contributed by atoms with Crippen LogP contribution in [0, 0.1) is 0 Å². The number of hydrogen-bond acceptors (Lipinski definition) is 3. The first-order valence-corrected chi connectivity index (χ1v) is 6.47. The molecule has 0 saturated heterocycles. The van der Waals surface area contributed by atoms with Gasteiger partial charge in [-0.2, -0.15) is 0 Å². The maximum absolute atomic E-state index is 12.5. The quantitative estimate of drug-likeness (QED) is 0.922. The van der Waals surface area contributed by atoms with Gasteiger partial charge in [0.15, 0.2) is 5.43 Å². The zero-order valence-corrected chi connectivity index (χ0v) is 11.5. The van der Waals surface area contributed by atoms with Gasteiger partial charge in [-0.05, 0) is 26.0 Å². The number of hydrogen-bond donors (Lipinski definition) is 1. The fraction of sp³-hybridized carbons (Fsp3) is 0.267. The van der Waals surface area contributed by atoms with E-state index in [0.717, 1.165) is 5.69 Å². The number of carbonyl (C=O) groups excluding carboxylic acids is 1. The number of amides is 1. The normalized spacial score (nSPS) is 10.6. The largest absolute Gasteiger partial charge is 0.367 e. The van der Waals surface area contributed by atoms with E-state index < -0.39 is 0 Å². The SMILES string of the molecule is CC(C)N(Cc1ccccn1)C(=O)c1c[nH]ccc1=O. The summed E-state index contributed by atoms with van der Waals surface area (Å²) in [7, 11) is 0. The molecule has 0 bridgehead atoms. The smallest absolute Gasteiger partial charge is 0.259 e. The highest BCUT2D eigenvalue weighted by Crippen LogP contribution is 2.09. The Kier molecular flexibility index (Phi) is 4.30. The number of rotatable bonds is 4. The molecular formula is C15H17N3O2. The lowest BCUT2D eigenvalue weighted by molar-refractivity contribution is 0.0686. The van der Waals surface area contributed by atoms with Crippen LogP contribution in [0.4, 0.5) is 0 Å². The molecule has 0 fully saturated rings. The van der Waals surface area contributed by atoms with Crippen molar-refractivity contribution in [3.8, 4) is 0 Å². The van der Waals surface area contributed by atoms with Crippen molar-refractivity contribution in [1.82, 2.24) is 14.9 Å². The lowest BCUT2D eigenvalue weighted by Crippen LogP contribution is -2.38. The van der Waals surface area contributed by atoms with E-state index in [9.17, 15) is 9.59 Å². The average Bonchev–Trinajstić information content (AvgIpc) is 2.45.